The Morgan fingerprint density at radius 1 is 1.12 bits per heavy atom. The zero-order valence-corrected chi connectivity index (χ0v) is 19.5. The van der Waals surface area contributed by atoms with Crippen LogP contribution in [0.25, 0.3) is 11.1 Å². The Kier molecular flexibility index (Phi) is 4.92. The van der Waals surface area contributed by atoms with E-state index in [1.807, 2.05) is 17.0 Å². The molecule has 7 heteroatoms. The number of hydrogen-bond acceptors (Lipinski definition) is 5. The second-order valence-electron chi connectivity index (χ2n) is 10.0. The molecule has 1 amide bonds. The van der Waals surface area contributed by atoms with E-state index in [0.717, 1.165) is 44.6 Å². The molecule has 1 aliphatic carbocycles. The topological polar surface area (TPSA) is 52.6 Å². The fourth-order valence-electron chi connectivity index (χ4n) is 5.39. The van der Waals surface area contributed by atoms with Crippen LogP contribution in [-0.2, 0) is 5.41 Å². The van der Waals surface area contributed by atoms with Crippen molar-refractivity contribution in [2.45, 2.75) is 30.7 Å². The molecule has 1 spiro atoms. The van der Waals surface area contributed by atoms with Crippen LogP contribution in [0.1, 0.15) is 35.2 Å². The highest BCUT2D eigenvalue weighted by Crippen LogP contribution is 2.57. The molecule has 0 radical (unpaired) electrons. The molecule has 1 aromatic heterocycles. The summed E-state index contributed by atoms with van der Waals surface area (Å²) >= 11 is 0. The summed E-state index contributed by atoms with van der Waals surface area (Å²) in [7, 11) is 4.14. The van der Waals surface area contributed by atoms with Gasteiger partial charge in [-0.2, -0.15) is 0 Å². The summed E-state index contributed by atoms with van der Waals surface area (Å²) < 4.78 is 14.2. The number of likely N-dealkylation sites (tertiary alicyclic amines) is 1. The molecule has 2 aliphatic heterocycles. The Bertz CT molecular complexity index is 1250. The molecule has 1 saturated heterocycles. The summed E-state index contributed by atoms with van der Waals surface area (Å²) in [5.41, 5.74) is 4.28. The van der Waals surface area contributed by atoms with E-state index in [4.69, 9.17) is 0 Å². The van der Waals surface area contributed by atoms with Crippen molar-refractivity contribution >= 4 is 17.5 Å². The number of aromatic nitrogens is 2. The maximum absolute atomic E-state index is 14.2. The van der Waals surface area contributed by atoms with Gasteiger partial charge < -0.3 is 14.7 Å². The van der Waals surface area contributed by atoms with E-state index in [1.165, 1.54) is 11.6 Å². The summed E-state index contributed by atoms with van der Waals surface area (Å²) in [6.07, 6.45) is 6.63. The van der Waals surface area contributed by atoms with Crippen molar-refractivity contribution in [3.8, 4) is 11.1 Å². The van der Waals surface area contributed by atoms with Crippen molar-refractivity contribution in [2.75, 3.05) is 38.6 Å². The third-order valence-electron chi connectivity index (χ3n) is 7.67. The molecule has 1 saturated carbocycles. The van der Waals surface area contributed by atoms with E-state index in [0.29, 0.717) is 28.7 Å². The van der Waals surface area contributed by atoms with Crippen molar-refractivity contribution in [1.82, 2.24) is 19.8 Å². The number of hydrogen-bond donors (Lipinski definition) is 0. The van der Waals surface area contributed by atoms with Crippen LogP contribution in [0.2, 0.25) is 0 Å². The number of rotatable bonds is 4. The zero-order chi connectivity index (χ0) is 23.4. The molecule has 1 atom stereocenters. The molecule has 6 rings (SSSR count). The van der Waals surface area contributed by atoms with Crippen LogP contribution in [0, 0.1) is 5.82 Å². The summed E-state index contributed by atoms with van der Waals surface area (Å²) in [4.78, 5) is 28.8. The number of amides is 1. The quantitative estimate of drug-likeness (QED) is 0.587. The minimum Gasteiger partial charge on any atom is -0.337 e. The van der Waals surface area contributed by atoms with Gasteiger partial charge in [0.2, 0.25) is 5.95 Å². The first-order valence-electron chi connectivity index (χ1n) is 11.9. The summed E-state index contributed by atoms with van der Waals surface area (Å²) in [5, 5.41) is 0. The molecule has 3 aromatic rings. The Hall–Kier alpha value is -3.32. The predicted molar refractivity (Wildman–Crippen MR) is 130 cm³/mol. The van der Waals surface area contributed by atoms with Gasteiger partial charge in [-0.1, -0.05) is 24.3 Å². The summed E-state index contributed by atoms with van der Waals surface area (Å²) in [6, 6.07) is 13.2. The van der Waals surface area contributed by atoms with Gasteiger partial charge in [0, 0.05) is 65.9 Å². The van der Waals surface area contributed by atoms with E-state index in [-0.39, 0.29) is 17.1 Å². The highest BCUT2D eigenvalue weighted by atomic mass is 19.1. The van der Waals surface area contributed by atoms with Crippen molar-refractivity contribution in [3.05, 3.63) is 71.8 Å². The van der Waals surface area contributed by atoms with Crippen LogP contribution in [-0.4, -0.2) is 65.4 Å². The smallest absolute Gasteiger partial charge is 0.253 e. The normalized spacial score (nSPS) is 20.3. The predicted octanol–water partition coefficient (Wildman–Crippen LogP) is 4.24. The first-order chi connectivity index (χ1) is 16.4. The van der Waals surface area contributed by atoms with Crippen LogP contribution in [0.4, 0.5) is 16.0 Å². The van der Waals surface area contributed by atoms with Gasteiger partial charge in [-0.05, 0) is 57.1 Å². The lowest BCUT2D eigenvalue weighted by Crippen LogP contribution is -2.34. The number of halogens is 1. The molecule has 2 aromatic carbocycles. The van der Waals surface area contributed by atoms with E-state index in [1.54, 1.807) is 30.6 Å². The molecule has 3 heterocycles. The highest BCUT2D eigenvalue weighted by molar-refractivity contribution is 5.96. The van der Waals surface area contributed by atoms with Crippen molar-refractivity contribution in [3.63, 3.8) is 0 Å². The molecular weight excluding hydrogens is 429 g/mol. The third kappa shape index (κ3) is 3.46. The van der Waals surface area contributed by atoms with Gasteiger partial charge in [0.1, 0.15) is 5.82 Å². The second kappa shape index (κ2) is 7.87. The minimum absolute atomic E-state index is 0.0830. The first-order valence-corrected chi connectivity index (χ1v) is 11.9. The SMILES string of the molecule is CN(C)[C@@H]1CCN(C(=O)c2ccc3c(c2)N(c2ncc(-c4ccccc4F)cn2)CC32CC2)C1. The van der Waals surface area contributed by atoms with Gasteiger partial charge >= 0.3 is 0 Å². The summed E-state index contributed by atoms with van der Waals surface area (Å²) in [6.45, 7) is 2.36. The van der Waals surface area contributed by atoms with E-state index in [2.05, 4.69) is 39.9 Å². The fourth-order valence-corrected chi connectivity index (χ4v) is 5.39. The van der Waals surface area contributed by atoms with Crippen molar-refractivity contribution < 1.29 is 9.18 Å². The van der Waals surface area contributed by atoms with Crippen LogP contribution in [0.5, 0.6) is 0 Å². The van der Waals surface area contributed by atoms with E-state index in [9.17, 15) is 9.18 Å². The maximum atomic E-state index is 14.2. The van der Waals surface area contributed by atoms with Crippen molar-refractivity contribution in [2.24, 2.45) is 0 Å². The number of carbonyl (C=O) groups is 1. The van der Waals surface area contributed by atoms with E-state index < -0.39 is 0 Å². The average Bonchev–Trinajstić information content (AvgIpc) is 3.32. The Balaban J connectivity index is 1.30. The van der Waals surface area contributed by atoms with Gasteiger partial charge in [0.05, 0.1) is 0 Å². The summed E-state index contributed by atoms with van der Waals surface area (Å²) in [5.74, 6) is 0.382. The van der Waals surface area contributed by atoms with Crippen LogP contribution in [0.15, 0.2) is 54.9 Å². The molecular formula is C27H28FN5O. The molecule has 174 valence electrons. The minimum atomic E-state index is -0.288. The molecule has 0 unspecified atom stereocenters. The van der Waals surface area contributed by atoms with Crippen LogP contribution >= 0.6 is 0 Å². The van der Waals surface area contributed by atoms with Gasteiger partial charge in [0.25, 0.3) is 5.91 Å². The van der Waals surface area contributed by atoms with E-state index >= 15 is 0 Å². The molecule has 0 N–H and O–H groups in total. The van der Waals surface area contributed by atoms with Gasteiger partial charge in [-0.3, -0.25) is 4.79 Å². The zero-order valence-electron chi connectivity index (χ0n) is 19.5. The lowest BCUT2D eigenvalue weighted by Gasteiger charge is -2.21. The molecule has 3 aliphatic rings. The number of nitrogens with zero attached hydrogens (tertiary/aromatic N) is 5. The first kappa shape index (κ1) is 21.2. The molecule has 0 bridgehead atoms. The largest absolute Gasteiger partial charge is 0.337 e. The van der Waals surface area contributed by atoms with Crippen LogP contribution < -0.4 is 4.90 Å². The lowest BCUT2D eigenvalue weighted by molar-refractivity contribution is 0.0783. The number of likely N-dealkylation sites (N-methyl/N-ethyl adjacent to an activating group) is 1. The Morgan fingerprint density at radius 3 is 2.56 bits per heavy atom. The van der Waals surface area contributed by atoms with Crippen LogP contribution in [0.3, 0.4) is 0 Å². The number of anilines is 2. The molecule has 6 nitrogen and oxygen atoms in total. The number of benzene rings is 2. The maximum Gasteiger partial charge on any atom is 0.253 e. The molecule has 2 fully saturated rings. The molecule has 34 heavy (non-hydrogen) atoms. The standard InChI is InChI=1S/C27H28FN5O/c1-31(2)20-9-12-32(16-20)25(34)18-7-8-22-24(13-18)33(17-27(22)10-11-27)26-29-14-19(15-30-26)21-5-3-4-6-23(21)28/h3-8,13-15,20H,9-12,16-17H2,1-2H3/t20-/m1/s1. The fraction of sp³-hybridized carbons (Fsp3) is 0.370. The third-order valence-corrected chi connectivity index (χ3v) is 7.67. The highest BCUT2D eigenvalue weighted by Gasteiger charge is 2.52. The number of fused-ring (bicyclic) bond motifs is 2. The average molecular weight is 458 g/mol. The Labute approximate surface area is 199 Å². The lowest BCUT2D eigenvalue weighted by atomic mass is 9.97. The second-order valence-corrected chi connectivity index (χ2v) is 10.0. The van der Waals surface area contributed by atoms with Crippen molar-refractivity contribution in [1.29, 1.82) is 0 Å². The van der Waals surface area contributed by atoms with Gasteiger partial charge in [-0.25, -0.2) is 14.4 Å². The van der Waals surface area contributed by atoms with Gasteiger partial charge in [0.15, 0.2) is 0 Å². The van der Waals surface area contributed by atoms with Gasteiger partial charge in [-0.15, -0.1) is 0 Å². The number of carbonyl (C=O) groups excluding carboxylic acids is 1. The Morgan fingerprint density at radius 2 is 1.88 bits per heavy atom. The monoisotopic (exact) mass is 457 g/mol.